The van der Waals surface area contributed by atoms with Crippen LogP contribution >= 0.6 is 0 Å². The molecule has 0 N–H and O–H groups in total. The third-order valence-electron chi connectivity index (χ3n) is 2.77. The zero-order valence-electron chi connectivity index (χ0n) is 10.0. The average molecular weight is 267 g/mol. The molecule has 0 atom stereocenters. The van der Waals surface area contributed by atoms with E-state index in [9.17, 15) is 18.0 Å². The Labute approximate surface area is 108 Å². The molecule has 0 aliphatic rings. The molecule has 0 fully saturated rings. The Bertz CT molecular complexity index is 558. The Balaban J connectivity index is 2.00. The topological polar surface area (TPSA) is 22.0 Å². The van der Waals surface area contributed by atoms with Gasteiger partial charge in [0.15, 0.2) is 0 Å². The largest absolute Gasteiger partial charge is 0.454 e. The van der Waals surface area contributed by atoms with E-state index in [-0.39, 0.29) is 5.56 Å². The van der Waals surface area contributed by atoms with Crippen LogP contribution in [-0.4, -0.2) is 16.5 Å². The van der Waals surface area contributed by atoms with Crippen LogP contribution in [0, 0.1) is 0 Å². The second-order valence-electron chi connectivity index (χ2n) is 4.20. The lowest BCUT2D eigenvalue weighted by Gasteiger charge is -2.04. The van der Waals surface area contributed by atoms with Crippen molar-refractivity contribution in [3.63, 3.8) is 0 Å². The first-order valence-corrected chi connectivity index (χ1v) is 5.78. The number of carbonyl (C=O) groups is 1. The monoisotopic (exact) mass is 267 g/mol. The third-order valence-corrected chi connectivity index (χ3v) is 2.77. The Morgan fingerprint density at radius 1 is 1.11 bits per heavy atom. The van der Waals surface area contributed by atoms with Crippen molar-refractivity contribution >= 4 is 5.78 Å². The van der Waals surface area contributed by atoms with Crippen LogP contribution in [0.5, 0.6) is 0 Å². The first-order valence-electron chi connectivity index (χ1n) is 5.78. The fourth-order valence-corrected chi connectivity index (χ4v) is 1.78. The molecule has 0 spiro atoms. The number of carbonyl (C=O) groups excluding carboxylic acids is 1. The fraction of sp³-hybridized carbons (Fsp3) is 0.214. The number of nitrogens with zero attached hydrogens (tertiary/aromatic N) is 1. The van der Waals surface area contributed by atoms with Crippen LogP contribution in [0.25, 0.3) is 0 Å². The fourth-order valence-electron chi connectivity index (χ4n) is 1.78. The number of hydrogen-bond donors (Lipinski definition) is 0. The molecular weight excluding hydrogens is 255 g/mol. The molecule has 2 aromatic rings. The van der Waals surface area contributed by atoms with Gasteiger partial charge in [-0.3, -0.25) is 4.79 Å². The zero-order valence-corrected chi connectivity index (χ0v) is 10.0. The van der Waals surface area contributed by atoms with Crippen LogP contribution < -0.4 is 0 Å². The Kier molecular flexibility index (Phi) is 3.74. The van der Waals surface area contributed by atoms with Gasteiger partial charge >= 0.3 is 6.18 Å². The predicted molar refractivity (Wildman–Crippen MR) is 65.0 cm³/mol. The summed E-state index contributed by atoms with van der Waals surface area (Å²) in [6.07, 6.45) is -1.39. The van der Waals surface area contributed by atoms with Crippen LogP contribution in [0.4, 0.5) is 13.2 Å². The number of ketones is 1. The van der Waals surface area contributed by atoms with E-state index in [1.165, 1.54) is 18.5 Å². The molecule has 2 rings (SSSR count). The van der Waals surface area contributed by atoms with E-state index in [0.717, 1.165) is 5.56 Å². The second-order valence-corrected chi connectivity index (χ2v) is 4.20. The molecule has 0 saturated heterocycles. The molecule has 2 nitrogen and oxygen atoms in total. The standard InChI is InChI=1S/C14H12F3NO/c15-14(16,17)13(19)12-7-9-18(10-12)8-6-11-4-2-1-3-5-11/h1-5,7,9-10H,6,8H2. The molecule has 0 unspecified atom stereocenters. The lowest BCUT2D eigenvalue weighted by molar-refractivity contribution is -0.0885. The van der Waals surface area contributed by atoms with E-state index in [0.29, 0.717) is 13.0 Å². The Morgan fingerprint density at radius 3 is 2.42 bits per heavy atom. The first-order chi connectivity index (χ1) is 8.97. The summed E-state index contributed by atoms with van der Waals surface area (Å²) in [5.74, 6) is -1.80. The molecule has 19 heavy (non-hydrogen) atoms. The maximum Gasteiger partial charge on any atom is 0.454 e. The second kappa shape index (κ2) is 5.30. The maximum atomic E-state index is 12.2. The summed E-state index contributed by atoms with van der Waals surface area (Å²) in [5.41, 5.74) is 0.778. The molecule has 1 aromatic heterocycles. The highest BCUT2D eigenvalue weighted by Gasteiger charge is 2.39. The number of rotatable bonds is 4. The average Bonchev–Trinajstić information content (AvgIpc) is 2.84. The van der Waals surface area contributed by atoms with Gasteiger partial charge in [0.05, 0.1) is 0 Å². The highest BCUT2D eigenvalue weighted by atomic mass is 19.4. The summed E-state index contributed by atoms with van der Waals surface area (Å²) in [7, 11) is 0. The minimum atomic E-state index is -4.81. The summed E-state index contributed by atoms with van der Waals surface area (Å²) >= 11 is 0. The number of aryl methyl sites for hydroxylation is 2. The summed E-state index contributed by atoms with van der Waals surface area (Å²) in [4.78, 5) is 11.0. The van der Waals surface area contributed by atoms with Crippen molar-refractivity contribution in [1.29, 1.82) is 0 Å². The quantitative estimate of drug-likeness (QED) is 0.777. The molecule has 5 heteroatoms. The van der Waals surface area contributed by atoms with Crippen molar-refractivity contribution in [3.05, 3.63) is 59.9 Å². The molecule has 0 saturated carbocycles. The number of aromatic nitrogens is 1. The SMILES string of the molecule is O=C(c1ccn(CCc2ccccc2)c1)C(F)(F)F. The van der Waals surface area contributed by atoms with Crippen LogP contribution in [0.2, 0.25) is 0 Å². The number of benzene rings is 1. The number of hydrogen-bond acceptors (Lipinski definition) is 1. The van der Waals surface area contributed by atoms with Crippen molar-refractivity contribution in [2.45, 2.75) is 19.1 Å². The molecule has 0 radical (unpaired) electrons. The Morgan fingerprint density at radius 2 is 1.79 bits per heavy atom. The summed E-state index contributed by atoms with van der Waals surface area (Å²) in [6.45, 7) is 0.537. The minimum Gasteiger partial charge on any atom is -0.353 e. The highest BCUT2D eigenvalue weighted by molar-refractivity contribution is 6.00. The van der Waals surface area contributed by atoms with E-state index in [2.05, 4.69) is 0 Å². The van der Waals surface area contributed by atoms with Crippen molar-refractivity contribution in [2.24, 2.45) is 0 Å². The van der Waals surface area contributed by atoms with Crippen LogP contribution in [0.1, 0.15) is 15.9 Å². The van der Waals surface area contributed by atoms with Gasteiger partial charge in [0.2, 0.25) is 0 Å². The predicted octanol–water partition coefficient (Wildman–Crippen LogP) is 3.48. The lowest BCUT2D eigenvalue weighted by atomic mass is 10.1. The van der Waals surface area contributed by atoms with Crippen LogP contribution in [0.3, 0.4) is 0 Å². The van der Waals surface area contributed by atoms with Crippen LogP contribution in [-0.2, 0) is 13.0 Å². The van der Waals surface area contributed by atoms with Gasteiger partial charge in [-0.15, -0.1) is 0 Å². The summed E-state index contributed by atoms with van der Waals surface area (Å²) in [6, 6.07) is 10.8. The number of Topliss-reactive ketones (excluding diaryl/α,β-unsaturated/α-hetero) is 1. The number of alkyl halides is 3. The van der Waals surface area contributed by atoms with Gasteiger partial charge < -0.3 is 4.57 Å². The van der Waals surface area contributed by atoms with Crippen molar-refractivity contribution in [1.82, 2.24) is 4.57 Å². The zero-order chi connectivity index (χ0) is 13.9. The van der Waals surface area contributed by atoms with E-state index in [1.54, 1.807) is 4.57 Å². The molecule has 100 valence electrons. The van der Waals surface area contributed by atoms with Gasteiger partial charge in [0.25, 0.3) is 5.78 Å². The normalized spacial score (nSPS) is 11.5. The van der Waals surface area contributed by atoms with E-state index in [1.807, 2.05) is 30.3 Å². The van der Waals surface area contributed by atoms with Gasteiger partial charge in [-0.05, 0) is 18.1 Å². The first kappa shape index (κ1) is 13.4. The van der Waals surface area contributed by atoms with Gasteiger partial charge in [-0.1, -0.05) is 30.3 Å². The Hall–Kier alpha value is -2.04. The lowest BCUT2D eigenvalue weighted by Crippen LogP contribution is -2.22. The van der Waals surface area contributed by atoms with Crippen molar-refractivity contribution in [2.75, 3.05) is 0 Å². The van der Waals surface area contributed by atoms with Crippen molar-refractivity contribution in [3.8, 4) is 0 Å². The molecule has 0 bridgehead atoms. The van der Waals surface area contributed by atoms with Crippen molar-refractivity contribution < 1.29 is 18.0 Å². The molecule has 0 amide bonds. The molecule has 0 aliphatic heterocycles. The van der Waals surface area contributed by atoms with Gasteiger partial charge in [0.1, 0.15) is 0 Å². The van der Waals surface area contributed by atoms with Crippen LogP contribution in [0.15, 0.2) is 48.8 Å². The van der Waals surface area contributed by atoms with E-state index in [4.69, 9.17) is 0 Å². The maximum absolute atomic E-state index is 12.2. The van der Waals surface area contributed by atoms with Gasteiger partial charge in [-0.25, -0.2) is 0 Å². The van der Waals surface area contributed by atoms with Gasteiger partial charge in [-0.2, -0.15) is 13.2 Å². The summed E-state index contributed by atoms with van der Waals surface area (Å²) in [5, 5.41) is 0. The summed E-state index contributed by atoms with van der Waals surface area (Å²) < 4.78 is 38.3. The molecule has 1 heterocycles. The molecule has 0 aliphatic carbocycles. The number of halogens is 3. The smallest absolute Gasteiger partial charge is 0.353 e. The molecular formula is C14H12F3NO. The highest BCUT2D eigenvalue weighted by Crippen LogP contribution is 2.21. The van der Waals surface area contributed by atoms with Gasteiger partial charge in [0, 0.05) is 24.5 Å². The van der Waals surface area contributed by atoms with E-state index < -0.39 is 12.0 Å². The third kappa shape index (κ3) is 3.47. The molecule has 1 aromatic carbocycles. The van der Waals surface area contributed by atoms with E-state index >= 15 is 0 Å². The minimum absolute atomic E-state index is 0.319.